The molecule has 0 radical (unpaired) electrons. The average molecular weight is 648 g/mol. The topological polar surface area (TPSA) is 94.7 Å². The first kappa shape index (κ1) is 32.9. The number of benzene rings is 3. The first-order valence-electron chi connectivity index (χ1n) is 15.2. The number of nitrogens with zero attached hydrogens (tertiary/aromatic N) is 5. The molecular weight excluding hydrogens is 606 g/mol. The van der Waals surface area contributed by atoms with Crippen LogP contribution in [-0.4, -0.2) is 67.1 Å². The number of aliphatic hydroxyl groups is 1. The van der Waals surface area contributed by atoms with Gasteiger partial charge in [-0.3, -0.25) is 14.4 Å². The number of piperazine rings is 1. The van der Waals surface area contributed by atoms with Crippen LogP contribution in [0.2, 0.25) is 5.02 Å². The van der Waals surface area contributed by atoms with E-state index >= 15 is 0 Å². The number of aromatic nitrogens is 3. The lowest BCUT2D eigenvalue weighted by Crippen LogP contribution is -2.50. The number of halogens is 1. The van der Waals surface area contributed by atoms with Crippen molar-refractivity contribution < 1.29 is 15.0 Å². The van der Waals surface area contributed by atoms with Gasteiger partial charge >= 0.3 is 5.97 Å². The Morgan fingerprint density at radius 3 is 2.44 bits per heavy atom. The van der Waals surface area contributed by atoms with E-state index < -0.39 is 11.6 Å². The van der Waals surface area contributed by atoms with Crippen LogP contribution < -0.4 is 4.90 Å². The zero-order valence-electron chi connectivity index (χ0n) is 27.0. The van der Waals surface area contributed by atoms with Crippen LogP contribution in [0.15, 0.2) is 54.7 Å². The number of carboxylic acids is 1. The van der Waals surface area contributed by atoms with E-state index in [4.69, 9.17) is 21.7 Å². The maximum atomic E-state index is 11.8. The molecule has 238 valence electrons. The van der Waals surface area contributed by atoms with Crippen LogP contribution in [0.4, 0.5) is 5.13 Å². The number of carbonyl (C=O) groups is 1. The van der Waals surface area contributed by atoms with Crippen molar-refractivity contribution in [1.29, 1.82) is 0 Å². The zero-order valence-corrected chi connectivity index (χ0v) is 28.6. The number of anilines is 1. The SMILES string of the molecule is CC(C)(C)O.Cc1cc2nc(N3CCN(C(C)C)C(c4ccc5c(cnn5C)c4)C3)sc2c(-c2ccc(Cl)cc2)c1CC(=O)O. The molecule has 0 amide bonds. The van der Waals surface area contributed by atoms with Crippen molar-refractivity contribution in [3.63, 3.8) is 0 Å². The van der Waals surface area contributed by atoms with Gasteiger partial charge in [-0.15, -0.1) is 0 Å². The Morgan fingerprint density at radius 1 is 1.11 bits per heavy atom. The third-order valence-corrected chi connectivity index (χ3v) is 9.37. The summed E-state index contributed by atoms with van der Waals surface area (Å²) in [6, 6.07) is 17.0. The van der Waals surface area contributed by atoms with Crippen LogP contribution in [0.5, 0.6) is 0 Å². The maximum Gasteiger partial charge on any atom is 0.307 e. The van der Waals surface area contributed by atoms with Gasteiger partial charge in [-0.2, -0.15) is 5.10 Å². The van der Waals surface area contributed by atoms with E-state index in [1.807, 2.05) is 55.2 Å². The highest BCUT2D eigenvalue weighted by Crippen LogP contribution is 2.42. The molecule has 1 aliphatic heterocycles. The second-order valence-corrected chi connectivity index (χ2v) is 14.4. The van der Waals surface area contributed by atoms with Crippen molar-refractivity contribution in [2.24, 2.45) is 7.05 Å². The number of thiazole rings is 1. The molecule has 1 saturated heterocycles. The Balaban J connectivity index is 0.000000743. The summed E-state index contributed by atoms with van der Waals surface area (Å²) in [5, 5.41) is 25.4. The number of rotatable bonds is 6. The van der Waals surface area contributed by atoms with Gasteiger partial charge in [-0.05, 0) is 94.1 Å². The minimum Gasteiger partial charge on any atom is -0.481 e. The normalized spacial score (nSPS) is 16.0. The molecule has 0 spiro atoms. The van der Waals surface area contributed by atoms with Crippen LogP contribution in [0, 0.1) is 6.92 Å². The number of carboxylic acid groups (broad SMARTS) is 1. The fourth-order valence-corrected chi connectivity index (χ4v) is 7.23. The van der Waals surface area contributed by atoms with Crippen molar-refractivity contribution in [3.05, 3.63) is 76.4 Å². The Morgan fingerprint density at radius 2 is 1.80 bits per heavy atom. The summed E-state index contributed by atoms with van der Waals surface area (Å²) in [7, 11) is 1.97. The molecule has 3 aromatic carbocycles. The summed E-state index contributed by atoms with van der Waals surface area (Å²) in [4.78, 5) is 21.9. The van der Waals surface area contributed by atoms with Gasteiger partial charge in [0.2, 0.25) is 0 Å². The number of hydrogen-bond acceptors (Lipinski definition) is 7. The van der Waals surface area contributed by atoms with Gasteiger partial charge in [0.25, 0.3) is 0 Å². The van der Waals surface area contributed by atoms with Crippen LogP contribution in [0.1, 0.15) is 57.4 Å². The number of aliphatic carboxylic acids is 1. The standard InChI is InChI=1S/C31H32ClN5O2S.C4H10O/c1-18(2)37-12-11-36(17-27(37)21-7-10-26-22(14-21)16-33-35(26)4)31-34-25-13-19(3)24(15-28(38)39)29(30(25)40-31)20-5-8-23(32)9-6-20;1-4(2,3)5/h5-10,13-14,16,18,27H,11-12,15,17H2,1-4H3,(H,38,39);5H,1-3H3. The van der Waals surface area contributed by atoms with Gasteiger partial charge in [0, 0.05) is 48.7 Å². The lowest BCUT2D eigenvalue weighted by Gasteiger charge is -2.43. The first-order chi connectivity index (χ1) is 21.2. The fourth-order valence-electron chi connectivity index (χ4n) is 5.93. The fraction of sp³-hybridized carbons (Fsp3) is 0.400. The highest BCUT2D eigenvalue weighted by atomic mass is 35.5. The molecule has 0 aliphatic carbocycles. The van der Waals surface area contributed by atoms with E-state index in [0.717, 1.165) is 68.1 Å². The largest absolute Gasteiger partial charge is 0.481 e. The van der Waals surface area contributed by atoms with E-state index in [2.05, 4.69) is 46.9 Å². The number of hydrogen-bond donors (Lipinski definition) is 2. The quantitative estimate of drug-likeness (QED) is 0.197. The minimum absolute atomic E-state index is 0.0427. The third kappa shape index (κ3) is 7.49. The van der Waals surface area contributed by atoms with Crippen molar-refractivity contribution >= 4 is 55.2 Å². The van der Waals surface area contributed by atoms with Crippen LogP contribution in [-0.2, 0) is 18.3 Å². The predicted molar refractivity (Wildman–Crippen MR) is 186 cm³/mol. The van der Waals surface area contributed by atoms with E-state index in [1.165, 1.54) is 5.56 Å². The Hall–Kier alpha value is -3.50. The summed E-state index contributed by atoms with van der Waals surface area (Å²) >= 11 is 7.84. The minimum atomic E-state index is -0.847. The summed E-state index contributed by atoms with van der Waals surface area (Å²) in [5.41, 5.74) is 6.46. The summed E-state index contributed by atoms with van der Waals surface area (Å²) in [6.07, 6.45) is 1.89. The molecule has 2 aromatic heterocycles. The average Bonchev–Trinajstić information content (AvgIpc) is 3.55. The predicted octanol–water partition coefficient (Wildman–Crippen LogP) is 7.49. The number of aryl methyl sites for hydroxylation is 2. The highest BCUT2D eigenvalue weighted by molar-refractivity contribution is 7.22. The molecule has 10 heteroatoms. The molecule has 3 heterocycles. The molecule has 1 unspecified atom stereocenters. The van der Waals surface area contributed by atoms with Gasteiger partial charge in [0.15, 0.2) is 5.13 Å². The zero-order chi connectivity index (χ0) is 32.6. The first-order valence-corrected chi connectivity index (χ1v) is 16.4. The van der Waals surface area contributed by atoms with Crippen molar-refractivity contribution in [2.45, 2.75) is 65.6 Å². The Bertz CT molecular complexity index is 1820. The lowest BCUT2D eigenvalue weighted by molar-refractivity contribution is -0.136. The third-order valence-electron chi connectivity index (χ3n) is 7.97. The van der Waals surface area contributed by atoms with Crippen LogP contribution in [0.25, 0.3) is 32.2 Å². The van der Waals surface area contributed by atoms with Crippen molar-refractivity contribution in [1.82, 2.24) is 19.7 Å². The molecule has 2 N–H and O–H groups in total. The van der Waals surface area contributed by atoms with Crippen molar-refractivity contribution in [3.8, 4) is 11.1 Å². The van der Waals surface area contributed by atoms with Crippen LogP contribution in [0.3, 0.4) is 0 Å². The van der Waals surface area contributed by atoms with Gasteiger partial charge in [0.1, 0.15) is 0 Å². The Labute approximate surface area is 273 Å². The maximum absolute atomic E-state index is 11.8. The molecule has 1 aliphatic rings. The molecular formula is C35H42ClN5O3S. The molecule has 5 aromatic rings. The van der Waals surface area contributed by atoms with E-state index in [1.54, 1.807) is 32.1 Å². The molecule has 0 bridgehead atoms. The second kappa shape index (κ2) is 13.1. The van der Waals surface area contributed by atoms with Crippen molar-refractivity contribution in [2.75, 3.05) is 24.5 Å². The van der Waals surface area contributed by atoms with Gasteiger partial charge in [-0.25, -0.2) is 4.98 Å². The summed E-state index contributed by atoms with van der Waals surface area (Å²) in [5.74, 6) is -0.847. The molecule has 8 nitrogen and oxygen atoms in total. The molecule has 0 saturated carbocycles. The van der Waals surface area contributed by atoms with Crippen LogP contribution >= 0.6 is 22.9 Å². The lowest BCUT2D eigenvalue weighted by atomic mass is 9.93. The monoisotopic (exact) mass is 647 g/mol. The highest BCUT2D eigenvalue weighted by Gasteiger charge is 2.32. The summed E-state index contributed by atoms with van der Waals surface area (Å²) in [6.45, 7) is 14.3. The number of fused-ring (bicyclic) bond motifs is 2. The van der Waals surface area contributed by atoms with E-state index in [9.17, 15) is 9.90 Å². The van der Waals surface area contributed by atoms with Gasteiger partial charge in [0.05, 0.1) is 40.0 Å². The van der Waals surface area contributed by atoms with Gasteiger partial charge < -0.3 is 15.1 Å². The van der Waals surface area contributed by atoms with Gasteiger partial charge in [-0.1, -0.05) is 41.1 Å². The Kier molecular flexibility index (Phi) is 9.56. The molecule has 45 heavy (non-hydrogen) atoms. The molecule has 1 atom stereocenters. The van der Waals surface area contributed by atoms with E-state index in [-0.39, 0.29) is 12.5 Å². The second-order valence-electron chi connectivity index (χ2n) is 13.0. The smallest absolute Gasteiger partial charge is 0.307 e. The van der Waals surface area contributed by atoms with E-state index in [0.29, 0.717) is 11.1 Å². The molecule has 6 rings (SSSR count). The summed E-state index contributed by atoms with van der Waals surface area (Å²) < 4.78 is 2.92. The molecule has 1 fully saturated rings.